The van der Waals surface area contributed by atoms with Crippen LogP contribution in [0.1, 0.15) is 41.8 Å². The Labute approximate surface area is 183 Å². The molecule has 0 saturated carbocycles. The molecule has 0 spiro atoms. The largest absolute Gasteiger partial charge is 0.416 e. The van der Waals surface area contributed by atoms with E-state index in [9.17, 15) is 13.2 Å². The fourth-order valence-electron chi connectivity index (χ4n) is 4.31. The smallest absolute Gasteiger partial charge is 0.399 e. The number of nitrogens with two attached hydrogens (primary N) is 1. The Morgan fingerprint density at radius 3 is 2.81 bits per heavy atom. The number of nitrogen functional groups attached to an aromatic ring is 1. The molecule has 6 nitrogen and oxygen atoms in total. The molecular formula is C21H25ClF3N5O. The first kappa shape index (κ1) is 22.1. The summed E-state index contributed by atoms with van der Waals surface area (Å²) in [7, 11) is 0. The molecule has 4 rings (SSSR count). The summed E-state index contributed by atoms with van der Waals surface area (Å²) < 4.78 is 45.5. The number of anilines is 2. The lowest BCUT2D eigenvalue weighted by molar-refractivity contribution is -0.137. The van der Waals surface area contributed by atoms with Crippen LogP contribution in [-0.2, 0) is 23.8 Å². The molecule has 1 aliphatic heterocycles. The second-order valence-corrected chi connectivity index (χ2v) is 8.47. The van der Waals surface area contributed by atoms with E-state index in [1.165, 1.54) is 6.07 Å². The van der Waals surface area contributed by atoms with Crippen molar-refractivity contribution in [3.05, 3.63) is 45.9 Å². The molecule has 2 aromatic rings. The van der Waals surface area contributed by atoms with E-state index in [2.05, 4.69) is 20.6 Å². The Kier molecular flexibility index (Phi) is 6.27. The fraction of sp³-hybridized carbons (Fsp3) is 0.524. The van der Waals surface area contributed by atoms with E-state index in [0.717, 1.165) is 55.7 Å². The van der Waals surface area contributed by atoms with Gasteiger partial charge in [-0.15, -0.1) is 0 Å². The van der Waals surface area contributed by atoms with Crippen molar-refractivity contribution in [3.8, 4) is 0 Å². The average Bonchev–Trinajstić information content (AvgIpc) is 2.73. The standard InChI is InChI=1S/C21H25ClF3N5O/c1-11(13-6-14(21(23,24)25)9-15(26)7-13)28-19-16-8-12(18-10-27-4-5-31-18)2-3-17(16)29-20(22)30-19/h6-7,9,11-12,18,27H,2-5,8,10,26H2,1H3,(H,28,29,30). The molecule has 4 N–H and O–H groups in total. The van der Waals surface area contributed by atoms with Crippen molar-refractivity contribution in [2.75, 3.05) is 30.7 Å². The number of nitrogens with zero attached hydrogens (tertiary/aromatic N) is 2. The third kappa shape index (κ3) is 5.05. The Hall–Kier alpha value is -2.10. The minimum Gasteiger partial charge on any atom is -0.399 e. The van der Waals surface area contributed by atoms with Crippen molar-refractivity contribution in [1.29, 1.82) is 0 Å². The van der Waals surface area contributed by atoms with Gasteiger partial charge in [0.25, 0.3) is 0 Å². The minimum absolute atomic E-state index is 0.0586. The first-order valence-corrected chi connectivity index (χ1v) is 10.7. The molecule has 3 atom stereocenters. The van der Waals surface area contributed by atoms with Crippen LogP contribution in [0.5, 0.6) is 0 Å². The number of benzene rings is 1. The topological polar surface area (TPSA) is 85.1 Å². The number of aromatic nitrogens is 2. The molecule has 10 heteroatoms. The van der Waals surface area contributed by atoms with Gasteiger partial charge in [-0.1, -0.05) is 0 Å². The number of morpholine rings is 1. The molecule has 2 aliphatic rings. The van der Waals surface area contributed by atoms with E-state index in [1.807, 2.05) is 0 Å². The third-order valence-corrected chi connectivity index (χ3v) is 6.09. The Bertz CT molecular complexity index is 949. The maximum atomic E-state index is 13.2. The zero-order chi connectivity index (χ0) is 22.2. The maximum Gasteiger partial charge on any atom is 0.416 e. The number of hydrogen-bond donors (Lipinski definition) is 3. The van der Waals surface area contributed by atoms with Crippen molar-refractivity contribution >= 4 is 23.1 Å². The van der Waals surface area contributed by atoms with Gasteiger partial charge in [-0.2, -0.15) is 13.2 Å². The highest BCUT2D eigenvalue weighted by atomic mass is 35.5. The molecule has 31 heavy (non-hydrogen) atoms. The molecule has 1 aromatic carbocycles. The number of ether oxygens (including phenoxy) is 1. The predicted octanol–water partition coefficient (Wildman–Crippen LogP) is 4.00. The first-order valence-electron chi connectivity index (χ1n) is 10.3. The van der Waals surface area contributed by atoms with Gasteiger partial charge in [0.15, 0.2) is 0 Å². The van der Waals surface area contributed by atoms with Crippen molar-refractivity contribution in [1.82, 2.24) is 15.3 Å². The van der Waals surface area contributed by atoms with Gasteiger partial charge in [-0.3, -0.25) is 0 Å². The quantitative estimate of drug-likeness (QED) is 0.477. The Balaban J connectivity index is 1.59. The number of nitrogens with one attached hydrogen (secondary N) is 2. The molecule has 0 amide bonds. The molecule has 1 aromatic heterocycles. The van der Waals surface area contributed by atoms with E-state index in [0.29, 0.717) is 23.9 Å². The molecule has 0 radical (unpaired) electrons. The molecule has 2 heterocycles. The lowest BCUT2D eigenvalue weighted by atomic mass is 9.82. The number of alkyl halides is 3. The van der Waals surface area contributed by atoms with Crippen LogP contribution in [0.3, 0.4) is 0 Å². The van der Waals surface area contributed by atoms with Gasteiger partial charge in [0.1, 0.15) is 5.82 Å². The van der Waals surface area contributed by atoms with Crippen LogP contribution in [0.25, 0.3) is 0 Å². The van der Waals surface area contributed by atoms with Gasteiger partial charge >= 0.3 is 6.18 Å². The summed E-state index contributed by atoms with van der Waals surface area (Å²) in [4.78, 5) is 8.74. The summed E-state index contributed by atoms with van der Waals surface area (Å²) in [6, 6.07) is 3.11. The number of aryl methyl sites for hydroxylation is 1. The molecular weight excluding hydrogens is 431 g/mol. The van der Waals surface area contributed by atoms with Crippen LogP contribution in [0.2, 0.25) is 5.28 Å². The number of fused-ring (bicyclic) bond motifs is 1. The highest BCUT2D eigenvalue weighted by Crippen LogP contribution is 2.36. The van der Waals surface area contributed by atoms with Crippen LogP contribution < -0.4 is 16.4 Å². The van der Waals surface area contributed by atoms with E-state index in [-0.39, 0.29) is 17.1 Å². The van der Waals surface area contributed by atoms with Gasteiger partial charge in [0.05, 0.1) is 30.0 Å². The van der Waals surface area contributed by atoms with Gasteiger partial charge in [0, 0.05) is 24.3 Å². The van der Waals surface area contributed by atoms with Crippen LogP contribution in [0.4, 0.5) is 24.7 Å². The highest BCUT2D eigenvalue weighted by Gasteiger charge is 2.33. The van der Waals surface area contributed by atoms with Gasteiger partial charge in [0.2, 0.25) is 5.28 Å². The normalized spacial score (nSPS) is 22.6. The summed E-state index contributed by atoms with van der Waals surface area (Å²) in [6.45, 7) is 4.11. The Morgan fingerprint density at radius 1 is 1.29 bits per heavy atom. The van der Waals surface area contributed by atoms with Crippen molar-refractivity contribution in [2.24, 2.45) is 5.92 Å². The van der Waals surface area contributed by atoms with Crippen LogP contribution in [0, 0.1) is 5.92 Å². The summed E-state index contributed by atoms with van der Waals surface area (Å²) in [5.74, 6) is 0.858. The molecule has 3 unspecified atom stereocenters. The summed E-state index contributed by atoms with van der Waals surface area (Å²) in [5, 5.41) is 6.72. The van der Waals surface area contributed by atoms with Crippen molar-refractivity contribution in [2.45, 2.75) is 44.5 Å². The van der Waals surface area contributed by atoms with Gasteiger partial charge in [-0.25, -0.2) is 9.97 Å². The zero-order valence-corrected chi connectivity index (χ0v) is 17.9. The third-order valence-electron chi connectivity index (χ3n) is 5.92. The number of rotatable bonds is 4. The van der Waals surface area contributed by atoms with E-state index >= 15 is 0 Å². The summed E-state index contributed by atoms with van der Waals surface area (Å²) in [5.41, 5.74) is 7.25. The van der Waals surface area contributed by atoms with Crippen LogP contribution in [-0.4, -0.2) is 35.8 Å². The minimum atomic E-state index is -4.47. The van der Waals surface area contributed by atoms with Crippen LogP contribution >= 0.6 is 11.6 Å². The van der Waals surface area contributed by atoms with Crippen LogP contribution in [0.15, 0.2) is 18.2 Å². The maximum absolute atomic E-state index is 13.2. The van der Waals surface area contributed by atoms with E-state index < -0.39 is 17.8 Å². The second-order valence-electron chi connectivity index (χ2n) is 8.13. The van der Waals surface area contributed by atoms with Crippen molar-refractivity contribution < 1.29 is 17.9 Å². The lowest BCUT2D eigenvalue weighted by Crippen LogP contribution is -2.44. The first-order chi connectivity index (χ1) is 14.7. The second kappa shape index (κ2) is 8.80. The number of halogens is 4. The Morgan fingerprint density at radius 2 is 2.10 bits per heavy atom. The average molecular weight is 456 g/mol. The highest BCUT2D eigenvalue weighted by molar-refractivity contribution is 6.28. The van der Waals surface area contributed by atoms with Gasteiger partial charge in [-0.05, 0) is 67.5 Å². The molecule has 168 valence electrons. The summed E-state index contributed by atoms with van der Waals surface area (Å²) >= 11 is 6.14. The molecule has 1 saturated heterocycles. The fourth-order valence-corrected chi connectivity index (χ4v) is 4.50. The van der Waals surface area contributed by atoms with E-state index in [1.54, 1.807) is 6.92 Å². The monoisotopic (exact) mass is 455 g/mol. The van der Waals surface area contributed by atoms with Gasteiger partial charge < -0.3 is 21.1 Å². The molecule has 1 aliphatic carbocycles. The zero-order valence-electron chi connectivity index (χ0n) is 17.1. The predicted molar refractivity (Wildman–Crippen MR) is 113 cm³/mol. The number of hydrogen-bond acceptors (Lipinski definition) is 6. The van der Waals surface area contributed by atoms with Crippen molar-refractivity contribution in [3.63, 3.8) is 0 Å². The summed E-state index contributed by atoms with van der Waals surface area (Å²) in [6.07, 6.45) is -1.94. The SMILES string of the molecule is CC(Nc1nc(Cl)nc2c1CC(C1CNCCO1)CC2)c1cc(N)cc(C(F)(F)F)c1. The molecule has 0 bridgehead atoms. The molecule has 1 fully saturated rings. The van der Waals surface area contributed by atoms with E-state index in [4.69, 9.17) is 22.1 Å². The lowest BCUT2D eigenvalue weighted by Gasteiger charge is -2.34.